The van der Waals surface area contributed by atoms with Crippen molar-refractivity contribution in [2.24, 2.45) is 0 Å². The number of hydrogen-bond acceptors (Lipinski definition) is 7. The monoisotopic (exact) mass is 657 g/mol. The van der Waals surface area contributed by atoms with E-state index in [1.807, 2.05) is 25.1 Å². The van der Waals surface area contributed by atoms with Crippen LogP contribution in [0.5, 0.6) is 17.2 Å². The van der Waals surface area contributed by atoms with Gasteiger partial charge in [-0.3, -0.25) is 13.8 Å². The quantitative estimate of drug-likeness (QED) is 0.158. The van der Waals surface area contributed by atoms with Crippen molar-refractivity contribution in [2.75, 3.05) is 28.0 Å². The number of aryl methyl sites for hydroxylation is 1. The molecule has 5 aromatic rings. The fourth-order valence-electron chi connectivity index (χ4n) is 4.49. The van der Waals surface area contributed by atoms with Gasteiger partial charge in [0.05, 0.1) is 28.3 Å². The maximum Gasteiger partial charge on any atom is 0.264 e. The molecule has 0 radical (unpaired) electrons. The van der Waals surface area contributed by atoms with Crippen molar-refractivity contribution < 1.29 is 31.1 Å². The Morgan fingerprint density at radius 2 is 1.33 bits per heavy atom. The van der Waals surface area contributed by atoms with Gasteiger partial charge in [-0.2, -0.15) is 0 Å². The van der Waals surface area contributed by atoms with Crippen LogP contribution in [0.3, 0.4) is 0 Å². The molecule has 0 aromatic heterocycles. The molecule has 46 heavy (non-hydrogen) atoms. The van der Waals surface area contributed by atoms with Crippen LogP contribution in [0.1, 0.15) is 5.56 Å². The molecular formula is C34H31N3O7S2. The molecule has 0 heterocycles. The van der Waals surface area contributed by atoms with Crippen molar-refractivity contribution >= 4 is 43.0 Å². The molecule has 0 saturated heterocycles. The van der Waals surface area contributed by atoms with Crippen LogP contribution < -0.4 is 23.8 Å². The van der Waals surface area contributed by atoms with Gasteiger partial charge in [0.15, 0.2) is 0 Å². The van der Waals surface area contributed by atoms with E-state index in [0.717, 1.165) is 9.87 Å². The summed E-state index contributed by atoms with van der Waals surface area (Å²) in [6, 6.07) is 33.9. The van der Waals surface area contributed by atoms with E-state index in [4.69, 9.17) is 9.47 Å². The van der Waals surface area contributed by atoms with Gasteiger partial charge in [-0.15, -0.1) is 0 Å². The van der Waals surface area contributed by atoms with E-state index in [0.29, 0.717) is 22.9 Å². The summed E-state index contributed by atoms with van der Waals surface area (Å²) in [5.74, 6) is 0.837. The topological polar surface area (TPSA) is 131 Å². The van der Waals surface area contributed by atoms with E-state index in [-0.39, 0.29) is 21.2 Å². The van der Waals surface area contributed by atoms with Crippen LogP contribution in [0, 0.1) is 6.92 Å². The molecule has 0 unspecified atom stereocenters. The highest BCUT2D eigenvalue weighted by Crippen LogP contribution is 2.30. The van der Waals surface area contributed by atoms with Crippen molar-refractivity contribution in [1.29, 1.82) is 0 Å². The molecule has 0 bridgehead atoms. The first-order chi connectivity index (χ1) is 22.0. The zero-order chi connectivity index (χ0) is 32.7. The summed E-state index contributed by atoms with van der Waals surface area (Å²) >= 11 is 0. The lowest BCUT2D eigenvalue weighted by Crippen LogP contribution is -2.38. The zero-order valence-corrected chi connectivity index (χ0v) is 26.6. The number of nitrogens with one attached hydrogen (secondary N) is 2. The van der Waals surface area contributed by atoms with Crippen LogP contribution in [0.15, 0.2) is 137 Å². The van der Waals surface area contributed by atoms with Gasteiger partial charge in [-0.1, -0.05) is 42.5 Å². The van der Waals surface area contributed by atoms with Gasteiger partial charge >= 0.3 is 0 Å². The highest BCUT2D eigenvalue weighted by molar-refractivity contribution is 7.93. The Labute approximate surface area is 268 Å². The highest BCUT2D eigenvalue weighted by atomic mass is 32.2. The smallest absolute Gasteiger partial charge is 0.264 e. The molecule has 1 amide bonds. The number of hydrogen-bond donors (Lipinski definition) is 2. The van der Waals surface area contributed by atoms with Crippen LogP contribution in [-0.4, -0.2) is 36.4 Å². The number of benzene rings is 5. The Morgan fingerprint density at radius 3 is 1.96 bits per heavy atom. The SMILES string of the molecule is COc1ccc(C)cc1NS(=O)(=O)c1ccc(NC(=O)CN(c2ccc(Oc3ccccc3)cc2)S(=O)(=O)c2ccccc2)cc1. The lowest BCUT2D eigenvalue weighted by atomic mass is 10.2. The normalized spacial score (nSPS) is 11.3. The first kappa shape index (κ1) is 32.1. The van der Waals surface area contributed by atoms with E-state index in [9.17, 15) is 21.6 Å². The van der Waals surface area contributed by atoms with Crippen molar-refractivity contribution in [3.63, 3.8) is 0 Å². The molecule has 0 fully saturated rings. The Hall–Kier alpha value is -5.33. The second-order valence-corrected chi connectivity index (χ2v) is 13.7. The van der Waals surface area contributed by atoms with Crippen LogP contribution >= 0.6 is 0 Å². The second kappa shape index (κ2) is 13.8. The second-order valence-electron chi connectivity index (χ2n) is 10.1. The highest BCUT2D eigenvalue weighted by Gasteiger charge is 2.27. The molecule has 0 atom stereocenters. The summed E-state index contributed by atoms with van der Waals surface area (Å²) in [6.07, 6.45) is 0. The molecule has 0 saturated carbocycles. The minimum Gasteiger partial charge on any atom is -0.495 e. The Balaban J connectivity index is 1.34. The fourth-order valence-corrected chi connectivity index (χ4v) is 7.00. The number of methoxy groups -OCH3 is 1. The minimum absolute atomic E-state index is 0.0136. The third-order valence-electron chi connectivity index (χ3n) is 6.77. The Bertz CT molecular complexity index is 2020. The molecule has 12 heteroatoms. The zero-order valence-electron chi connectivity index (χ0n) is 25.0. The molecule has 2 N–H and O–H groups in total. The number of anilines is 3. The number of rotatable bonds is 12. The molecular weight excluding hydrogens is 627 g/mol. The standard InChI is InChI=1S/C34H31N3O7S2/c1-25-13-22-33(43-2)32(23-25)36-45(39,40)30-20-14-26(15-21-30)35-34(38)24-37(46(41,42)31-11-7-4-8-12-31)27-16-18-29(19-17-27)44-28-9-5-3-6-10-28/h3-23,36H,24H2,1-2H3,(H,35,38). The number of para-hydroxylation sites is 1. The number of ether oxygens (including phenoxy) is 2. The third kappa shape index (κ3) is 7.65. The first-order valence-corrected chi connectivity index (χ1v) is 17.0. The van der Waals surface area contributed by atoms with Gasteiger partial charge in [0.25, 0.3) is 20.0 Å². The van der Waals surface area contributed by atoms with E-state index in [1.54, 1.807) is 72.8 Å². The maximum absolute atomic E-state index is 13.7. The van der Waals surface area contributed by atoms with Gasteiger partial charge in [0, 0.05) is 5.69 Å². The lowest BCUT2D eigenvalue weighted by molar-refractivity contribution is -0.114. The van der Waals surface area contributed by atoms with E-state index in [1.165, 1.54) is 43.5 Å². The van der Waals surface area contributed by atoms with Gasteiger partial charge in [0.1, 0.15) is 23.8 Å². The number of carbonyl (C=O) groups excluding carboxylic acids is 1. The van der Waals surface area contributed by atoms with Crippen LogP contribution in [0.25, 0.3) is 0 Å². The summed E-state index contributed by atoms with van der Waals surface area (Å²) in [4.78, 5) is 13.2. The van der Waals surface area contributed by atoms with Crippen LogP contribution in [0.2, 0.25) is 0 Å². The van der Waals surface area contributed by atoms with Crippen molar-refractivity contribution in [3.05, 3.63) is 133 Å². The first-order valence-electron chi connectivity index (χ1n) is 14.0. The Morgan fingerprint density at radius 1 is 0.717 bits per heavy atom. The van der Waals surface area contributed by atoms with E-state index < -0.39 is 32.5 Å². The Kier molecular flexibility index (Phi) is 9.59. The maximum atomic E-state index is 13.7. The minimum atomic E-state index is -4.14. The molecule has 0 aliphatic rings. The van der Waals surface area contributed by atoms with E-state index >= 15 is 0 Å². The summed E-state index contributed by atoms with van der Waals surface area (Å²) < 4.78 is 68.1. The van der Waals surface area contributed by atoms with Gasteiger partial charge in [-0.05, 0) is 97.4 Å². The summed E-state index contributed by atoms with van der Waals surface area (Å²) in [6.45, 7) is 1.28. The van der Waals surface area contributed by atoms with Gasteiger partial charge < -0.3 is 14.8 Å². The van der Waals surface area contributed by atoms with Crippen LogP contribution in [0.4, 0.5) is 17.1 Å². The average Bonchev–Trinajstić information content (AvgIpc) is 3.05. The number of carbonyl (C=O) groups is 1. The molecule has 0 aliphatic carbocycles. The molecule has 5 rings (SSSR count). The average molecular weight is 658 g/mol. The van der Waals surface area contributed by atoms with Crippen molar-refractivity contribution in [2.45, 2.75) is 16.7 Å². The van der Waals surface area contributed by atoms with Crippen molar-refractivity contribution in [3.8, 4) is 17.2 Å². The van der Waals surface area contributed by atoms with E-state index in [2.05, 4.69) is 10.0 Å². The molecule has 0 aliphatic heterocycles. The third-order valence-corrected chi connectivity index (χ3v) is 9.94. The molecule has 0 spiro atoms. The number of sulfonamides is 2. The largest absolute Gasteiger partial charge is 0.495 e. The predicted octanol–water partition coefficient (Wildman–Crippen LogP) is 6.43. The summed E-state index contributed by atoms with van der Waals surface area (Å²) in [5, 5.41) is 2.66. The number of amides is 1. The molecule has 10 nitrogen and oxygen atoms in total. The summed E-state index contributed by atoms with van der Waals surface area (Å²) in [7, 11) is -6.68. The summed E-state index contributed by atoms with van der Waals surface area (Å²) in [5.41, 5.74) is 1.66. The van der Waals surface area contributed by atoms with Crippen LogP contribution in [-0.2, 0) is 24.8 Å². The van der Waals surface area contributed by atoms with Crippen molar-refractivity contribution in [1.82, 2.24) is 0 Å². The van der Waals surface area contributed by atoms with Gasteiger partial charge in [-0.25, -0.2) is 16.8 Å². The molecule has 236 valence electrons. The van der Waals surface area contributed by atoms with Gasteiger partial charge in [0.2, 0.25) is 5.91 Å². The molecule has 5 aromatic carbocycles. The predicted molar refractivity (Wildman–Crippen MR) is 178 cm³/mol. The number of nitrogens with zero attached hydrogens (tertiary/aromatic N) is 1. The fraction of sp³-hybridized carbons (Fsp3) is 0.0882. The lowest BCUT2D eigenvalue weighted by Gasteiger charge is -2.24.